The summed E-state index contributed by atoms with van der Waals surface area (Å²) in [6.45, 7) is 2.01. The van der Waals surface area contributed by atoms with E-state index in [0.717, 1.165) is 11.1 Å². The lowest BCUT2D eigenvalue weighted by molar-refractivity contribution is -0.132. The van der Waals surface area contributed by atoms with Gasteiger partial charge in [0.15, 0.2) is 0 Å². The zero-order valence-corrected chi connectivity index (χ0v) is 14.4. The highest BCUT2D eigenvalue weighted by Gasteiger charge is 2.12. The second kappa shape index (κ2) is 9.39. The first-order valence-corrected chi connectivity index (χ1v) is 8.09. The summed E-state index contributed by atoms with van der Waals surface area (Å²) in [5, 5.41) is 15.1. The summed E-state index contributed by atoms with van der Waals surface area (Å²) in [4.78, 5) is 15.9. The third kappa shape index (κ3) is 5.29. The quantitative estimate of drug-likeness (QED) is 0.393. The summed E-state index contributed by atoms with van der Waals surface area (Å²) in [7, 11) is 1.71. The SMILES string of the molecule is CNC/C(C(=O)O)=C(\C)NC=NC(c1ccccc1)c1ccccc1. The van der Waals surface area contributed by atoms with Crippen LogP contribution in [-0.2, 0) is 4.79 Å². The van der Waals surface area contributed by atoms with Gasteiger partial charge in [-0.05, 0) is 25.1 Å². The van der Waals surface area contributed by atoms with Crippen LogP contribution in [0.4, 0.5) is 0 Å². The number of hydrogen-bond acceptors (Lipinski definition) is 3. The first-order valence-electron chi connectivity index (χ1n) is 8.09. The number of benzene rings is 2. The Hall–Kier alpha value is -2.92. The molecule has 2 rings (SSSR count). The number of hydrogen-bond donors (Lipinski definition) is 3. The topological polar surface area (TPSA) is 73.7 Å². The Labute approximate surface area is 148 Å². The lowest BCUT2D eigenvalue weighted by Crippen LogP contribution is -2.23. The molecule has 0 radical (unpaired) electrons. The Balaban J connectivity index is 2.24. The molecule has 0 aliphatic rings. The Morgan fingerprint density at radius 2 is 1.60 bits per heavy atom. The van der Waals surface area contributed by atoms with Gasteiger partial charge < -0.3 is 15.7 Å². The van der Waals surface area contributed by atoms with E-state index in [4.69, 9.17) is 0 Å². The zero-order chi connectivity index (χ0) is 18.1. The predicted octanol–water partition coefficient (Wildman–Crippen LogP) is 2.97. The molecule has 2 aromatic rings. The van der Waals surface area contributed by atoms with Crippen molar-refractivity contribution in [3.05, 3.63) is 83.1 Å². The summed E-state index contributed by atoms with van der Waals surface area (Å²) in [5.41, 5.74) is 2.99. The second-order valence-electron chi connectivity index (χ2n) is 5.59. The maximum absolute atomic E-state index is 11.3. The van der Waals surface area contributed by atoms with E-state index in [1.807, 2.05) is 60.7 Å². The van der Waals surface area contributed by atoms with Gasteiger partial charge in [0.25, 0.3) is 0 Å². The highest BCUT2D eigenvalue weighted by molar-refractivity contribution is 5.88. The van der Waals surface area contributed by atoms with Crippen LogP contribution in [-0.4, -0.2) is 31.0 Å². The summed E-state index contributed by atoms with van der Waals surface area (Å²) in [6, 6.07) is 19.8. The molecule has 5 heteroatoms. The number of allylic oxidation sites excluding steroid dienone is 1. The van der Waals surface area contributed by atoms with E-state index in [2.05, 4.69) is 15.6 Å². The number of aliphatic carboxylic acids is 1. The number of carboxylic acid groups (broad SMARTS) is 1. The number of aliphatic imine (C=N–C) groups is 1. The van der Waals surface area contributed by atoms with Crippen molar-refractivity contribution >= 4 is 12.3 Å². The third-order valence-corrected chi connectivity index (χ3v) is 3.80. The van der Waals surface area contributed by atoms with Crippen LogP contribution < -0.4 is 10.6 Å². The molecule has 0 bridgehead atoms. The minimum atomic E-state index is -0.949. The van der Waals surface area contributed by atoms with E-state index in [9.17, 15) is 9.90 Å². The summed E-state index contributed by atoms with van der Waals surface area (Å²) >= 11 is 0. The number of carboxylic acids is 1. The standard InChI is InChI=1S/C20H23N3O2/c1-15(18(13-21-2)20(24)25)22-14-23-19(16-9-5-3-6-10-16)17-11-7-4-8-12-17/h3-12,14,19,21H,13H2,1-2H3,(H,22,23)(H,24,25)/b18-15-. The minimum Gasteiger partial charge on any atom is -0.478 e. The van der Waals surface area contributed by atoms with Gasteiger partial charge in [-0.1, -0.05) is 60.7 Å². The zero-order valence-electron chi connectivity index (χ0n) is 14.4. The van der Waals surface area contributed by atoms with Gasteiger partial charge >= 0.3 is 5.97 Å². The Kier molecular flexibility index (Phi) is 6.92. The molecule has 0 aliphatic heterocycles. The van der Waals surface area contributed by atoms with Crippen LogP contribution in [0.15, 0.2) is 76.9 Å². The molecule has 0 aromatic heterocycles. The molecule has 0 atom stereocenters. The van der Waals surface area contributed by atoms with Crippen molar-refractivity contribution < 1.29 is 9.90 Å². The fraction of sp³-hybridized carbons (Fsp3) is 0.200. The number of likely N-dealkylation sites (N-methyl/N-ethyl adjacent to an activating group) is 1. The molecule has 0 amide bonds. The first-order chi connectivity index (χ1) is 12.1. The van der Waals surface area contributed by atoms with Gasteiger partial charge in [0.05, 0.1) is 11.9 Å². The normalized spacial score (nSPS) is 12.3. The molecule has 0 heterocycles. The Bertz CT molecular complexity index is 701. The minimum absolute atomic E-state index is 0.153. The summed E-state index contributed by atoms with van der Waals surface area (Å²) < 4.78 is 0. The predicted molar refractivity (Wildman–Crippen MR) is 101 cm³/mol. The molecule has 0 saturated carbocycles. The van der Waals surface area contributed by atoms with Gasteiger partial charge in [-0.15, -0.1) is 0 Å². The van der Waals surface area contributed by atoms with Crippen LogP contribution in [0.2, 0.25) is 0 Å². The smallest absolute Gasteiger partial charge is 0.334 e. The van der Waals surface area contributed by atoms with Crippen molar-refractivity contribution in [3.8, 4) is 0 Å². The summed E-state index contributed by atoms with van der Waals surface area (Å²) in [6.07, 6.45) is 1.57. The van der Waals surface area contributed by atoms with Gasteiger partial charge in [-0.3, -0.25) is 4.99 Å². The van der Waals surface area contributed by atoms with Crippen molar-refractivity contribution in [1.29, 1.82) is 0 Å². The van der Waals surface area contributed by atoms with Gasteiger partial charge in [0, 0.05) is 12.2 Å². The molecule has 0 fully saturated rings. The molecule has 25 heavy (non-hydrogen) atoms. The molecule has 0 saturated heterocycles. The van der Waals surface area contributed by atoms with Gasteiger partial charge in [-0.2, -0.15) is 0 Å². The van der Waals surface area contributed by atoms with E-state index in [1.54, 1.807) is 20.3 Å². The lowest BCUT2D eigenvalue weighted by Gasteiger charge is -2.14. The first kappa shape index (κ1) is 18.4. The number of rotatable bonds is 8. The van der Waals surface area contributed by atoms with E-state index in [-0.39, 0.29) is 18.2 Å². The van der Waals surface area contributed by atoms with E-state index in [1.165, 1.54) is 0 Å². The molecule has 0 unspecified atom stereocenters. The fourth-order valence-electron chi connectivity index (χ4n) is 2.48. The average Bonchev–Trinajstić information content (AvgIpc) is 2.64. The highest BCUT2D eigenvalue weighted by Crippen LogP contribution is 2.25. The van der Waals surface area contributed by atoms with Crippen molar-refractivity contribution in [1.82, 2.24) is 10.6 Å². The monoisotopic (exact) mass is 337 g/mol. The van der Waals surface area contributed by atoms with Crippen LogP contribution in [0.25, 0.3) is 0 Å². The second-order valence-corrected chi connectivity index (χ2v) is 5.59. The Morgan fingerprint density at radius 1 is 1.08 bits per heavy atom. The average molecular weight is 337 g/mol. The van der Waals surface area contributed by atoms with Gasteiger partial charge in [0.2, 0.25) is 0 Å². The van der Waals surface area contributed by atoms with E-state index >= 15 is 0 Å². The number of nitrogens with zero attached hydrogens (tertiary/aromatic N) is 1. The molecular formula is C20H23N3O2. The van der Waals surface area contributed by atoms with Crippen LogP contribution >= 0.6 is 0 Å². The van der Waals surface area contributed by atoms with E-state index in [0.29, 0.717) is 5.70 Å². The third-order valence-electron chi connectivity index (χ3n) is 3.80. The van der Waals surface area contributed by atoms with Crippen LogP contribution in [0.3, 0.4) is 0 Å². The van der Waals surface area contributed by atoms with Gasteiger partial charge in [-0.25, -0.2) is 4.79 Å². The van der Waals surface area contributed by atoms with Crippen molar-refractivity contribution in [2.24, 2.45) is 4.99 Å². The molecular weight excluding hydrogens is 314 g/mol. The molecule has 5 nitrogen and oxygen atoms in total. The van der Waals surface area contributed by atoms with Crippen LogP contribution in [0, 0.1) is 0 Å². The molecule has 0 spiro atoms. The highest BCUT2D eigenvalue weighted by atomic mass is 16.4. The Morgan fingerprint density at radius 3 is 2.04 bits per heavy atom. The maximum Gasteiger partial charge on any atom is 0.334 e. The largest absolute Gasteiger partial charge is 0.478 e. The van der Waals surface area contributed by atoms with E-state index < -0.39 is 5.97 Å². The summed E-state index contributed by atoms with van der Waals surface area (Å²) in [5.74, 6) is -0.949. The molecule has 0 aliphatic carbocycles. The lowest BCUT2D eigenvalue weighted by atomic mass is 9.99. The molecule has 130 valence electrons. The molecule has 3 N–H and O–H groups in total. The number of carbonyl (C=O) groups is 1. The maximum atomic E-state index is 11.3. The van der Waals surface area contributed by atoms with Crippen molar-refractivity contribution in [3.63, 3.8) is 0 Å². The van der Waals surface area contributed by atoms with Crippen LogP contribution in [0.1, 0.15) is 24.1 Å². The van der Waals surface area contributed by atoms with Crippen molar-refractivity contribution in [2.75, 3.05) is 13.6 Å². The molecule has 2 aromatic carbocycles. The van der Waals surface area contributed by atoms with Gasteiger partial charge in [0.1, 0.15) is 6.04 Å². The fourth-order valence-corrected chi connectivity index (χ4v) is 2.48. The van der Waals surface area contributed by atoms with Crippen molar-refractivity contribution in [2.45, 2.75) is 13.0 Å². The number of nitrogens with one attached hydrogen (secondary N) is 2. The van der Waals surface area contributed by atoms with Crippen LogP contribution in [0.5, 0.6) is 0 Å².